The van der Waals surface area contributed by atoms with Crippen LogP contribution >= 0.6 is 11.6 Å². The van der Waals surface area contributed by atoms with Crippen LogP contribution < -0.4 is 14.4 Å². The Morgan fingerprint density at radius 1 is 1.24 bits per heavy atom. The summed E-state index contributed by atoms with van der Waals surface area (Å²) in [5, 5.41) is 11.0. The van der Waals surface area contributed by atoms with E-state index in [1.165, 1.54) is 4.90 Å². The van der Waals surface area contributed by atoms with Gasteiger partial charge in [0.2, 0.25) is 0 Å². The van der Waals surface area contributed by atoms with Crippen LogP contribution in [0.1, 0.15) is 18.4 Å². The van der Waals surface area contributed by atoms with E-state index in [0.29, 0.717) is 22.4 Å². The van der Waals surface area contributed by atoms with E-state index in [1.54, 1.807) is 14.2 Å². The molecular weight excluding hydrogens is 290 g/mol. The molecule has 0 spiro atoms. The van der Waals surface area contributed by atoms with Gasteiger partial charge in [-0.15, -0.1) is 0 Å². The van der Waals surface area contributed by atoms with Gasteiger partial charge in [-0.05, 0) is 17.7 Å². The van der Waals surface area contributed by atoms with Crippen molar-refractivity contribution in [1.29, 1.82) is 0 Å². The third-order valence-corrected chi connectivity index (χ3v) is 4.87. The van der Waals surface area contributed by atoms with Crippen LogP contribution in [0.2, 0.25) is 5.02 Å². The molecule has 3 aliphatic rings. The van der Waals surface area contributed by atoms with E-state index >= 15 is 0 Å². The molecule has 1 atom stereocenters. The van der Waals surface area contributed by atoms with Gasteiger partial charge in [-0.2, -0.15) is 0 Å². The number of piperidine rings is 3. The second-order valence-electron chi connectivity index (χ2n) is 5.72. The molecule has 0 amide bonds. The topological polar surface area (TPSA) is 43.1 Å². The Morgan fingerprint density at radius 2 is 1.95 bits per heavy atom. The smallest absolute Gasteiger partial charge is 0.179 e. The molecule has 4 rings (SSSR count). The Morgan fingerprint density at radius 3 is 2.52 bits per heavy atom. The first-order valence-electron chi connectivity index (χ1n) is 7.30. The van der Waals surface area contributed by atoms with Crippen molar-refractivity contribution in [1.82, 2.24) is 0 Å². The fraction of sp³-hybridized carbons (Fsp3) is 0.500. The minimum absolute atomic E-state index is 0.339. The van der Waals surface area contributed by atoms with Crippen molar-refractivity contribution >= 4 is 17.7 Å². The monoisotopic (exact) mass is 310 g/mol. The summed E-state index contributed by atoms with van der Waals surface area (Å²) in [6.45, 7) is 2.21. The highest BCUT2D eigenvalue weighted by Crippen LogP contribution is 2.37. The summed E-state index contributed by atoms with van der Waals surface area (Å²) in [4.78, 5) is 1.39. The quantitative estimate of drug-likeness (QED) is 0.886. The molecule has 114 valence electrons. The van der Waals surface area contributed by atoms with E-state index in [2.05, 4.69) is 0 Å². The normalized spacial score (nSPS) is 29.7. The number of fused-ring (bicyclic) bond motifs is 3. The van der Waals surface area contributed by atoms with E-state index in [0.717, 1.165) is 37.2 Å². The number of aliphatic hydroxyl groups excluding tert-OH is 1. The lowest BCUT2D eigenvalue weighted by molar-refractivity contribution is -0.880. The van der Waals surface area contributed by atoms with Gasteiger partial charge in [-0.25, -0.2) is 0 Å². The summed E-state index contributed by atoms with van der Waals surface area (Å²) in [6.07, 6.45) is 3.93. The molecule has 4 nitrogen and oxygen atoms in total. The van der Waals surface area contributed by atoms with E-state index in [4.69, 9.17) is 21.1 Å². The Labute approximate surface area is 129 Å². The van der Waals surface area contributed by atoms with Crippen molar-refractivity contribution in [2.24, 2.45) is 5.92 Å². The standard InChI is InChI=1S/C16H20ClNO3/c1-20-14-9-10(7-12(17)16(14)21-2)8-13-15(19)11-3-5-18(13)6-4-11/h7-9,11,15,19H,3-6H2,1-2H3/p+1/b13-8-/t15-/m0/s1. The van der Waals surface area contributed by atoms with Crippen LogP contribution in [-0.2, 0) is 0 Å². The number of hydrogen-bond donors (Lipinski definition) is 2. The SMILES string of the molecule is COc1cc(/C=C2/[C@@H](O)C3CC[NH+]2CC3)cc(Cl)c1OC. The lowest BCUT2D eigenvalue weighted by Gasteiger charge is -2.41. The first kappa shape index (κ1) is 14.7. The van der Waals surface area contributed by atoms with Crippen LogP contribution in [0, 0.1) is 5.92 Å². The number of halogens is 1. The zero-order chi connectivity index (χ0) is 15.0. The van der Waals surface area contributed by atoms with Crippen molar-refractivity contribution in [2.45, 2.75) is 18.9 Å². The zero-order valence-corrected chi connectivity index (χ0v) is 13.1. The number of benzene rings is 1. The maximum atomic E-state index is 10.4. The molecule has 21 heavy (non-hydrogen) atoms. The van der Waals surface area contributed by atoms with Gasteiger partial charge in [-0.1, -0.05) is 11.6 Å². The highest BCUT2D eigenvalue weighted by atomic mass is 35.5. The zero-order valence-electron chi connectivity index (χ0n) is 12.4. The van der Waals surface area contributed by atoms with Gasteiger partial charge in [0.1, 0.15) is 11.8 Å². The van der Waals surface area contributed by atoms with Crippen LogP contribution in [-0.4, -0.2) is 38.5 Å². The first-order valence-corrected chi connectivity index (χ1v) is 7.68. The molecule has 2 bridgehead atoms. The van der Waals surface area contributed by atoms with Gasteiger partial charge in [0, 0.05) is 24.8 Å². The van der Waals surface area contributed by atoms with Gasteiger partial charge in [0.25, 0.3) is 0 Å². The van der Waals surface area contributed by atoms with Gasteiger partial charge in [0.15, 0.2) is 11.5 Å². The summed E-state index contributed by atoms with van der Waals surface area (Å²) < 4.78 is 10.6. The second-order valence-corrected chi connectivity index (χ2v) is 6.13. The molecule has 2 N–H and O–H groups in total. The molecule has 1 aromatic carbocycles. The van der Waals surface area contributed by atoms with Gasteiger partial charge in [0.05, 0.1) is 32.3 Å². The highest BCUT2D eigenvalue weighted by Gasteiger charge is 2.41. The molecule has 0 saturated carbocycles. The minimum atomic E-state index is -0.339. The number of nitrogens with one attached hydrogen (secondary N) is 1. The van der Waals surface area contributed by atoms with Crippen molar-refractivity contribution in [3.8, 4) is 11.5 Å². The van der Waals surface area contributed by atoms with Gasteiger partial charge >= 0.3 is 0 Å². The van der Waals surface area contributed by atoms with E-state index < -0.39 is 0 Å². The minimum Gasteiger partial charge on any atom is -0.493 e. The van der Waals surface area contributed by atoms with Crippen LogP contribution in [0.3, 0.4) is 0 Å². The Bertz CT molecular complexity index is 561. The molecule has 3 aliphatic heterocycles. The van der Waals surface area contributed by atoms with Crippen molar-refractivity contribution in [2.75, 3.05) is 27.3 Å². The summed E-state index contributed by atoms with van der Waals surface area (Å²) in [5.74, 6) is 1.56. The lowest BCUT2D eigenvalue weighted by atomic mass is 9.83. The van der Waals surface area contributed by atoms with Crippen LogP contribution in [0.15, 0.2) is 17.8 Å². The second kappa shape index (κ2) is 5.87. The summed E-state index contributed by atoms with van der Waals surface area (Å²) >= 11 is 6.24. The first-order chi connectivity index (χ1) is 10.1. The highest BCUT2D eigenvalue weighted by molar-refractivity contribution is 6.32. The maximum Gasteiger partial charge on any atom is 0.179 e. The number of rotatable bonds is 3. The number of methoxy groups -OCH3 is 2. The summed E-state index contributed by atoms with van der Waals surface area (Å²) in [5.41, 5.74) is 2.01. The predicted molar refractivity (Wildman–Crippen MR) is 82.0 cm³/mol. The third-order valence-electron chi connectivity index (χ3n) is 4.59. The maximum absolute atomic E-state index is 10.4. The summed E-state index contributed by atoms with van der Waals surface area (Å²) in [7, 11) is 3.17. The van der Waals surface area contributed by atoms with Gasteiger partial charge in [-0.3, -0.25) is 0 Å². The number of hydrogen-bond acceptors (Lipinski definition) is 3. The molecule has 0 aromatic heterocycles. The fourth-order valence-electron chi connectivity index (χ4n) is 3.44. The predicted octanol–water partition coefficient (Wildman–Crippen LogP) is 1.37. The molecule has 3 saturated heterocycles. The fourth-order valence-corrected chi connectivity index (χ4v) is 3.74. The molecule has 5 heteroatoms. The number of aliphatic hydroxyl groups is 1. The van der Waals surface area contributed by atoms with Crippen LogP contribution in [0.25, 0.3) is 6.08 Å². The Kier molecular flexibility index (Phi) is 4.11. The average Bonchev–Trinajstić information content (AvgIpc) is 2.50. The Hall–Kier alpha value is -1.23. The van der Waals surface area contributed by atoms with Gasteiger partial charge < -0.3 is 19.5 Å². The summed E-state index contributed by atoms with van der Waals surface area (Å²) in [6, 6.07) is 3.75. The molecular formula is C16H21ClNO3+. The molecule has 0 unspecified atom stereocenters. The largest absolute Gasteiger partial charge is 0.493 e. The van der Waals surface area contributed by atoms with Crippen molar-refractivity contribution in [3.05, 3.63) is 28.4 Å². The van der Waals surface area contributed by atoms with Crippen LogP contribution in [0.4, 0.5) is 0 Å². The molecule has 0 aliphatic carbocycles. The molecule has 3 fully saturated rings. The van der Waals surface area contributed by atoms with Crippen LogP contribution in [0.5, 0.6) is 11.5 Å². The molecule has 1 aromatic rings. The number of ether oxygens (including phenoxy) is 2. The molecule has 0 radical (unpaired) electrons. The molecule has 3 heterocycles. The van der Waals surface area contributed by atoms with E-state index in [-0.39, 0.29) is 6.10 Å². The van der Waals surface area contributed by atoms with E-state index in [9.17, 15) is 5.11 Å². The lowest BCUT2D eigenvalue weighted by Crippen LogP contribution is -3.14. The third kappa shape index (κ3) is 2.63. The Balaban J connectivity index is 1.97. The van der Waals surface area contributed by atoms with Crippen molar-refractivity contribution < 1.29 is 19.5 Å². The average molecular weight is 311 g/mol. The van der Waals surface area contributed by atoms with E-state index in [1.807, 2.05) is 18.2 Å². The number of quaternary nitrogens is 1. The van der Waals surface area contributed by atoms with Crippen molar-refractivity contribution in [3.63, 3.8) is 0 Å².